The molecule has 0 heterocycles. The van der Waals surface area contributed by atoms with Gasteiger partial charge in [0.2, 0.25) is 11.8 Å². The first-order valence-electron chi connectivity index (χ1n) is 8.49. The number of hydrogen-bond donors (Lipinski definition) is 2. The fourth-order valence-corrected chi connectivity index (χ4v) is 2.43. The molecular weight excluding hydrogens is 349 g/mol. The summed E-state index contributed by atoms with van der Waals surface area (Å²) in [5.41, 5.74) is 1.83. The zero-order valence-corrected chi connectivity index (χ0v) is 15.3. The standard InChI is InChI=1S/C20H22FN3O3/c1-14-5-3-6-15(11-14)20(27)22-10-9-19(26)24(2)13-18(25)23-17-8-4-7-16(21)12-17/h3-8,11-12H,9-10,13H2,1-2H3,(H,22,27)(H,23,25). The molecule has 0 saturated heterocycles. The molecule has 0 aliphatic carbocycles. The van der Waals surface area contributed by atoms with Crippen molar-refractivity contribution in [3.05, 3.63) is 65.5 Å². The third-order valence-electron chi connectivity index (χ3n) is 3.82. The van der Waals surface area contributed by atoms with Gasteiger partial charge in [-0.15, -0.1) is 0 Å². The largest absolute Gasteiger partial charge is 0.352 e. The molecule has 0 aromatic heterocycles. The summed E-state index contributed by atoms with van der Waals surface area (Å²) in [5, 5.41) is 5.21. The third-order valence-corrected chi connectivity index (χ3v) is 3.82. The highest BCUT2D eigenvalue weighted by Gasteiger charge is 2.14. The van der Waals surface area contributed by atoms with Gasteiger partial charge in [-0.25, -0.2) is 4.39 Å². The number of carbonyl (C=O) groups is 3. The molecule has 0 radical (unpaired) electrons. The van der Waals surface area contributed by atoms with Crippen LogP contribution in [0.25, 0.3) is 0 Å². The topological polar surface area (TPSA) is 78.5 Å². The van der Waals surface area contributed by atoms with Crippen LogP contribution in [0.5, 0.6) is 0 Å². The first kappa shape index (κ1) is 20.1. The molecule has 2 rings (SSSR count). The molecule has 0 aliphatic rings. The van der Waals surface area contributed by atoms with Crippen LogP contribution in [0.2, 0.25) is 0 Å². The van der Waals surface area contributed by atoms with Crippen molar-refractivity contribution in [2.75, 3.05) is 25.5 Å². The van der Waals surface area contributed by atoms with Gasteiger partial charge in [-0.2, -0.15) is 0 Å². The predicted molar refractivity (Wildman–Crippen MR) is 101 cm³/mol. The Labute approximate surface area is 157 Å². The van der Waals surface area contributed by atoms with Crippen molar-refractivity contribution in [1.29, 1.82) is 0 Å². The van der Waals surface area contributed by atoms with E-state index < -0.39 is 11.7 Å². The maximum atomic E-state index is 13.1. The zero-order valence-electron chi connectivity index (χ0n) is 15.3. The molecule has 7 heteroatoms. The molecular formula is C20H22FN3O3. The average Bonchev–Trinajstić information content (AvgIpc) is 2.61. The van der Waals surface area contributed by atoms with Crippen molar-refractivity contribution in [1.82, 2.24) is 10.2 Å². The maximum absolute atomic E-state index is 13.1. The Kier molecular flexibility index (Phi) is 7.05. The number of likely N-dealkylation sites (N-methyl/N-ethyl adjacent to an activating group) is 1. The normalized spacial score (nSPS) is 10.2. The minimum atomic E-state index is -0.457. The number of nitrogens with zero attached hydrogens (tertiary/aromatic N) is 1. The molecule has 2 aromatic rings. The highest BCUT2D eigenvalue weighted by molar-refractivity contribution is 5.95. The second kappa shape index (κ2) is 9.47. The van der Waals surface area contributed by atoms with Crippen LogP contribution in [0.1, 0.15) is 22.3 Å². The molecule has 3 amide bonds. The molecule has 27 heavy (non-hydrogen) atoms. The Bertz CT molecular complexity index is 839. The molecule has 0 bridgehead atoms. The minimum absolute atomic E-state index is 0.0707. The smallest absolute Gasteiger partial charge is 0.251 e. The summed E-state index contributed by atoms with van der Waals surface area (Å²) in [6.45, 7) is 1.90. The first-order valence-corrected chi connectivity index (χ1v) is 8.49. The van der Waals surface area contributed by atoms with E-state index in [1.165, 1.54) is 30.1 Å². The summed E-state index contributed by atoms with van der Waals surface area (Å²) in [6, 6.07) is 12.7. The fraction of sp³-hybridized carbons (Fsp3) is 0.250. The second-order valence-corrected chi connectivity index (χ2v) is 6.18. The number of halogens is 1. The molecule has 2 aromatic carbocycles. The molecule has 0 spiro atoms. The number of aryl methyl sites for hydroxylation is 1. The van der Waals surface area contributed by atoms with Gasteiger partial charge in [0.25, 0.3) is 5.91 Å². The molecule has 6 nitrogen and oxygen atoms in total. The molecule has 0 unspecified atom stereocenters. The third kappa shape index (κ3) is 6.54. The number of amides is 3. The summed E-state index contributed by atoms with van der Waals surface area (Å²) >= 11 is 0. The summed E-state index contributed by atoms with van der Waals surface area (Å²) in [5.74, 6) is -1.42. The highest BCUT2D eigenvalue weighted by atomic mass is 19.1. The van der Waals surface area contributed by atoms with Crippen LogP contribution in [0.4, 0.5) is 10.1 Å². The van der Waals surface area contributed by atoms with Gasteiger partial charge < -0.3 is 15.5 Å². The van der Waals surface area contributed by atoms with Crippen LogP contribution < -0.4 is 10.6 Å². The van der Waals surface area contributed by atoms with Crippen molar-refractivity contribution in [2.45, 2.75) is 13.3 Å². The monoisotopic (exact) mass is 371 g/mol. The van der Waals surface area contributed by atoms with Crippen molar-refractivity contribution in [3.63, 3.8) is 0 Å². The van der Waals surface area contributed by atoms with Gasteiger partial charge in [0, 0.05) is 31.3 Å². The number of hydrogen-bond acceptors (Lipinski definition) is 3. The van der Waals surface area contributed by atoms with E-state index in [1.54, 1.807) is 24.3 Å². The van der Waals surface area contributed by atoms with Gasteiger partial charge in [-0.05, 0) is 37.3 Å². The van der Waals surface area contributed by atoms with E-state index in [2.05, 4.69) is 10.6 Å². The predicted octanol–water partition coefficient (Wildman–Crippen LogP) is 2.35. The lowest BCUT2D eigenvalue weighted by atomic mass is 10.1. The molecule has 2 N–H and O–H groups in total. The molecule has 0 saturated carbocycles. The number of anilines is 1. The SMILES string of the molecule is Cc1cccc(C(=O)NCCC(=O)N(C)CC(=O)Nc2cccc(F)c2)c1. The quantitative estimate of drug-likeness (QED) is 0.784. The molecule has 142 valence electrons. The maximum Gasteiger partial charge on any atom is 0.251 e. The van der Waals surface area contributed by atoms with Gasteiger partial charge in [0.15, 0.2) is 0 Å². The number of rotatable bonds is 7. The lowest BCUT2D eigenvalue weighted by molar-refractivity contribution is -0.133. The van der Waals surface area contributed by atoms with Crippen LogP contribution in [0.15, 0.2) is 48.5 Å². The van der Waals surface area contributed by atoms with E-state index in [0.717, 1.165) is 5.56 Å². The van der Waals surface area contributed by atoms with Crippen molar-refractivity contribution in [3.8, 4) is 0 Å². The van der Waals surface area contributed by atoms with Crippen LogP contribution in [0, 0.1) is 12.7 Å². The molecule has 0 atom stereocenters. The second-order valence-electron chi connectivity index (χ2n) is 6.18. The average molecular weight is 371 g/mol. The van der Waals surface area contributed by atoms with Crippen molar-refractivity contribution < 1.29 is 18.8 Å². The Morgan fingerprint density at radius 2 is 1.81 bits per heavy atom. The number of carbonyl (C=O) groups excluding carboxylic acids is 3. The van der Waals surface area contributed by atoms with E-state index in [-0.39, 0.29) is 31.3 Å². The van der Waals surface area contributed by atoms with E-state index in [4.69, 9.17) is 0 Å². The van der Waals surface area contributed by atoms with E-state index >= 15 is 0 Å². The lowest BCUT2D eigenvalue weighted by Crippen LogP contribution is -2.37. The van der Waals surface area contributed by atoms with E-state index in [1.807, 2.05) is 13.0 Å². The van der Waals surface area contributed by atoms with Crippen LogP contribution in [0.3, 0.4) is 0 Å². The number of benzene rings is 2. The van der Waals surface area contributed by atoms with Crippen LogP contribution >= 0.6 is 0 Å². The highest BCUT2D eigenvalue weighted by Crippen LogP contribution is 2.09. The first-order chi connectivity index (χ1) is 12.8. The Balaban J connectivity index is 1.75. The van der Waals surface area contributed by atoms with Gasteiger partial charge in [-0.3, -0.25) is 14.4 Å². The van der Waals surface area contributed by atoms with Crippen LogP contribution in [-0.4, -0.2) is 42.8 Å². The van der Waals surface area contributed by atoms with Crippen molar-refractivity contribution in [2.24, 2.45) is 0 Å². The molecule has 0 aliphatic heterocycles. The van der Waals surface area contributed by atoms with Gasteiger partial charge in [0.1, 0.15) is 5.82 Å². The lowest BCUT2D eigenvalue weighted by Gasteiger charge is -2.17. The van der Waals surface area contributed by atoms with Crippen LogP contribution in [-0.2, 0) is 9.59 Å². The molecule has 0 fully saturated rings. The van der Waals surface area contributed by atoms with E-state index in [9.17, 15) is 18.8 Å². The van der Waals surface area contributed by atoms with Gasteiger partial charge in [-0.1, -0.05) is 23.8 Å². The summed E-state index contributed by atoms with van der Waals surface area (Å²) in [6.07, 6.45) is 0.0707. The van der Waals surface area contributed by atoms with Gasteiger partial charge >= 0.3 is 0 Å². The Morgan fingerprint density at radius 1 is 1.07 bits per heavy atom. The number of nitrogens with one attached hydrogen (secondary N) is 2. The zero-order chi connectivity index (χ0) is 19.8. The Morgan fingerprint density at radius 3 is 2.52 bits per heavy atom. The Hall–Kier alpha value is -3.22. The van der Waals surface area contributed by atoms with Crippen molar-refractivity contribution >= 4 is 23.4 Å². The summed E-state index contributed by atoms with van der Waals surface area (Å²) in [7, 11) is 1.50. The van der Waals surface area contributed by atoms with Gasteiger partial charge in [0.05, 0.1) is 6.54 Å². The summed E-state index contributed by atoms with van der Waals surface area (Å²) in [4.78, 5) is 37.3. The summed E-state index contributed by atoms with van der Waals surface area (Å²) < 4.78 is 13.1. The van der Waals surface area contributed by atoms with E-state index in [0.29, 0.717) is 11.3 Å². The fourth-order valence-electron chi connectivity index (χ4n) is 2.43. The minimum Gasteiger partial charge on any atom is -0.352 e.